The number of nitrogens with one attached hydrogen (secondary N) is 1. The van der Waals surface area contributed by atoms with Crippen molar-refractivity contribution < 1.29 is 14.3 Å². The Kier molecular flexibility index (Phi) is 4.99. The quantitative estimate of drug-likeness (QED) is 0.530. The Balaban J connectivity index is 1.80. The fourth-order valence-electron chi connectivity index (χ4n) is 3.08. The summed E-state index contributed by atoms with van der Waals surface area (Å²) in [6.07, 6.45) is 1.68. The minimum atomic E-state index is -0.519. The van der Waals surface area contributed by atoms with Crippen molar-refractivity contribution in [3.63, 3.8) is 0 Å². The number of anilines is 1. The second-order valence-corrected chi connectivity index (χ2v) is 6.28. The summed E-state index contributed by atoms with van der Waals surface area (Å²) in [4.78, 5) is 34.1. The van der Waals surface area contributed by atoms with Crippen LogP contribution >= 0.6 is 0 Å². The van der Waals surface area contributed by atoms with Crippen LogP contribution in [0.5, 0.6) is 0 Å². The van der Waals surface area contributed by atoms with Crippen LogP contribution in [0.2, 0.25) is 0 Å². The molecule has 0 aliphatic rings. The van der Waals surface area contributed by atoms with Gasteiger partial charge in [0.25, 0.3) is 5.91 Å². The van der Waals surface area contributed by atoms with E-state index in [1.807, 2.05) is 42.5 Å². The molecule has 2 heterocycles. The molecule has 142 valence electrons. The van der Waals surface area contributed by atoms with Gasteiger partial charge >= 0.3 is 5.97 Å². The Morgan fingerprint density at radius 2 is 1.62 bits per heavy atom. The molecule has 0 unspecified atom stereocenters. The third-order valence-corrected chi connectivity index (χ3v) is 4.47. The van der Waals surface area contributed by atoms with E-state index in [1.165, 1.54) is 7.11 Å². The monoisotopic (exact) mass is 383 g/mol. The molecule has 0 spiro atoms. The summed E-state index contributed by atoms with van der Waals surface area (Å²) in [5.74, 6) is -0.869. The van der Waals surface area contributed by atoms with Gasteiger partial charge in [-0.25, -0.2) is 9.78 Å². The lowest BCUT2D eigenvalue weighted by Crippen LogP contribution is -2.16. The van der Waals surface area contributed by atoms with Gasteiger partial charge in [-0.15, -0.1) is 0 Å². The molecule has 0 radical (unpaired) electrons. The van der Waals surface area contributed by atoms with E-state index in [2.05, 4.69) is 15.3 Å². The van der Waals surface area contributed by atoms with E-state index in [9.17, 15) is 9.59 Å². The van der Waals surface area contributed by atoms with Crippen molar-refractivity contribution in [3.05, 3.63) is 90.1 Å². The van der Waals surface area contributed by atoms with Gasteiger partial charge in [0.2, 0.25) is 0 Å². The molecule has 2 aromatic heterocycles. The van der Waals surface area contributed by atoms with E-state index >= 15 is 0 Å². The fourth-order valence-corrected chi connectivity index (χ4v) is 3.08. The minimum Gasteiger partial charge on any atom is -0.465 e. The Morgan fingerprint density at radius 3 is 2.41 bits per heavy atom. The fraction of sp³-hybridized carbons (Fsp3) is 0.0435. The van der Waals surface area contributed by atoms with Crippen LogP contribution in [0.25, 0.3) is 22.3 Å². The molecule has 6 nitrogen and oxygen atoms in total. The van der Waals surface area contributed by atoms with E-state index in [4.69, 9.17) is 4.74 Å². The molecule has 2 aromatic carbocycles. The topological polar surface area (TPSA) is 81.2 Å². The summed E-state index contributed by atoms with van der Waals surface area (Å²) >= 11 is 0. The summed E-state index contributed by atoms with van der Waals surface area (Å²) in [7, 11) is 1.30. The highest BCUT2D eigenvalue weighted by atomic mass is 16.5. The largest absolute Gasteiger partial charge is 0.465 e. The predicted molar refractivity (Wildman–Crippen MR) is 111 cm³/mol. The summed E-state index contributed by atoms with van der Waals surface area (Å²) < 4.78 is 4.80. The molecule has 1 amide bonds. The number of nitrogens with zero attached hydrogens (tertiary/aromatic N) is 2. The van der Waals surface area contributed by atoms with Crippen molar-refractivity contribution in [1.82, 2.24) is 9.97 Å². The van der Waals surface area contributed by atoms with Gasteiger partial charge in [0, 0.05) is 11.6 Å². The molecule has 0 saturated carbocycles. The molecule has 0 bridgehead atoms. The van der Waals surface area contributed by atoms with Gasteiger partial charge in [-0.05, 0) is 36.4 Å². The van der Waals surface area contributed by atoms with Gasteiger partial charge in [0.05, 0.1) is 40.8 Å². The molecule has 0 aliphatic heterocycles. The second-order valence-electron chi connectivity index (χ2n) is 6.28. The van der Waals surface area contributed by atoms with Crippen LogP contribution in [0, 0.1) is 0 Å². The first-order valence-electron chi connectivity index (χ1n) is 8.97. The first-order valence-corrected chi connectivity index (χ1v) is 8.97. The highest BCUT2D eigenvalue weighted by Crippen LogP contribution is 2.25. The first-order chi connectivity index (χ1) is 14.2. The maximum absolute atomic E-state index is 13.2. The van der Waals surface area contributed by atoms with Gasteiger partial charge in [0.1, 0.15) is 0 Å². The van der Waals surface area contributed by atoms with Crippen LogP contribution in [0.3, 0.4) is 0 Å². The molecule has 0 saturated heterocycles. The van der Waals surface area contributed by atoms with Gasteiger partial charge in [-0.2, -0.15) is 0 Å². The number of rotatable bonds is 4. The maximum Gasteiger partial charge on any atom is 0.339 e. The molecule has 4 rings (SSSR count). The molecule has 0 atom stereocenters. The highest BCUT2D eigenvalue weighted by Gasteiger charge is 2.18. The van der Waals surface area contributed by atoms with E-state index in [0.717, 1.165) is 0 Å². The summed E-state index contributed by atoms with van der Waals surface area (Å²) in [5.41, 5.74) is 3.05. The number of hydrogen-bond acceptors (Lipinski definition) is 5. The SMILES string of the molecule is COC(=O)c1ccccc1NC(=O)c1cc(-c2ccccn2)nc2ccccc12. The predicted octanol–water partition coefficient (Wildman–Crippen LogP) is 4.34. The van der Waals surface area contributed by atoms with Crippen LogP contribution in [0.15, 0.2) is 79.0 Å². The normalized spacial score (nSPS) is 10.5. The van der Waals surface area contributed by atoms with Gasteiger partial charge in [-0.1, -0.05) is 36.4 Å². The lowest BCUT2D eigenvalue weighted by molar-refractivity contribution is 0.0602. The van der Waals surface area contributed by atoms with E-state index < -0.39 is 5.97 Å². The third kappa shape index (κ3) is 3.68. The number of carbonyl (C=O) groups is 2. The van der Waals surface area contributed by atoms with E-state index in [0.29, 0.717) is 33.5 Å². The Bertz CT molecular complexity index is 1210. The Morgan fingerprint density at radius 1 is 0.862 bits per heavy atom. The van der Waals surface area contributed by atoms with Crippen LogP contribution in [-0.2, 0) is 4.74 Å². The number of para-hydroxylation sites is 2. The molecule has 0 aliphatic carbocycles. The summed E-state index contributed by atoms with van der Waals surface area (Å²) in [5, 5.41) is 3.53. The zero-order valence-corrected chi connectivity index (χ0v) is 15.6. The standard InChI is InChI=1S/C23H17N3O3/c1-29-23(28)16-9-3-5-11-19(16)26-22(27)17-14-21(20-12-6-7-13-24-20)25-18-10-4-2-8-15(17)18/h2-14H,1H3,(H,26,27). The lowest BCUT2D eigenvalue weighted by atomic mass is 10.0. The number of esters is 1. The van der Waals surface area contributed by atoms with Crippen molar-refractivity contribution >= 4 is 28.5 Å². The summed E-state index contributed by atoms with van der Waals surface area (Å²) in [6, 6.07) is 21.4. The number of fused-ring (bicyclic) bond motifs is 1. The molecule has 4 aromatic rings. The van der Waals surface area contributed by atoms with Gasteiger partial charge in [0.15, 0.2) is 0 Å². The van der Waals surface area contributed by atoms with E-state index in [-0.39, 0.29) is 11.5 Å². The number of pyridine rings is 2. The van der Waals surface area contributed by atoms with Crippen molar-refractivity contribution in [1.29, 1.82) is 0 Å². The van der Waals surface area contributed by atoms with Crippen LogP contribution in [0.4, 0.5) is 5.69 Å². The number of hydrogen-bond donors (Lipinski definition) is 1. The van der Waals surface area contributed by atoms with Gasteiger partial charge in [-0.3, -0.25) is 9.78 Å². The molecular weight excluding hydrogens is 366 g/mol. The maximum atomic E-state index is 13.2. The molecule has 6 heteroatoms. The van der Waals surface area contributed by atoms with Crippen LogP contribution in [-0.4, -0.2) is 29.0 Å². The third-order valence-electron chi connectivity index (χ3n) is 4.47. The number of benzene rings is 2. The highest BCUT2D eigenvalue weighted by molar-refractivity contribution is 6.14. The first kappa shape index (κ1) is 18.3. The Hall–Kier alpha value is -4.06. The smallest absolute Gasteiger partial charge is 0.339 e. The van der Waals surface area contributed by atoms with Gasteiger partial charge < -0.3 is 10.1 Å². The average Bonchev–Trinajstić information content (AvgIpc) is 2.78. The molecular formula is C23H17N3O3. The molecule has 1 N–H and O–H groups in total. The number of carbonyl (C=O) groups excluding carboxylic acids is 2. The van der Waals surface area contributed by atoms with Crippen molar-refractivity contribution in [2.24, 2.45) is 0 Å². The zero-order valence-electron chi connectivity index (χ0n) is 15.6. The minimum absolute atomic E-state index is 0.284. The van der Waals surface area contributed by atoms with Crippen LogP contribution in [0.1, 0.15) is 20.7 Å². The zero-order chi connectivity index (χ0) is 20.2. The van der Waals surface area contributed by atoms with Crippen molar-refractivity contribution in [2.75, 3.05) is 12.4 Å². The molecule has 0 fully saturated rings. The van der Waals surface area contributed by atoms with Crippen molar-refractivity contribution in [3.8, 4) is 11.4 Å². The number of ether oxygens (including phenoxy) is 1. The number of aromatic nitrogens is 2. The summed E-state index contributed by atoms with van der Waals surface area (Å²) in [6.45, 7) is 0. The van der Waals surface area contributed by atoms with Crippen LogP contribution < -0.4 is 5.32 Å². The van der Waals surface area contributed by atoms with E-state index in [1.54, 1.807) is 36.5 Å². The average molecular weight is 383 g/mol. The van der Waals surface area contributed by atoms with Crippen molar-refractivity contribution in [2.45, 2.75) is 0 Å². The number of methoxy groups -OCH3 is 1. The molecule has 29 heavy (non-hydrogen) atoms. The lowest BCUT2D eigenvalue weighted by Gasteiger charge is -2.12. The number of amides is 1. The second kappa shape index (κ2) is 7.90. The Labute approximate surface area is 167 Å².